The van der Waals surface area contributed by atoms with E-state index < -0.39 is 11.7 Å². The first kappa shape index (κ1) is 19.8. The normalized spacial score (nSPS) is 14.3. The van der Waals surface area contributed by atoms with Gasteiger partial charge in [0.2, 0.25) is 11.7 Å². The summed E-state index contributed by atoms with van der Waals surface area (Å²) in [4.78, 5) is 21.8. The molecule has 2 heterocycles. The fraction of sp³-hybridized carbons (Fsp3) is 0.238. The van der Waals surface area contributed by atoms with Gasteiger partial charge < -0.3 is 4.52 Å². The van der Waals surface area contributed by atoms with E-state index in [2.05, 4.69) is 15.1 Å². The van der Waals surface area contributed by atoms with Crippen molar-refractivity contribution < 1.29 is 17.7 Å². The highest BCUT2D eigenvalue weighted by molar-refractivity contribution is 7.98. The van der Waals surface area contributed by atoms with Gasteiger partial charge in [0, 0.05) is 11.6 Å². The maximum atomic E-state index is 12.9. The Morgan fingerprint density at radius 1 is 1.06 bits per heavy atom. The number of halogens is 3. The topological polar surface area (TPSA) is 73.8 Å². The monoisotopic (exact) mass is 444 g/mol. The highest BCUT2D eigenvalue weighted by atomic mass is 32.2. The van der Waals surface area contributed by atoms with Crippen LogP contribution < -0.4 is 5.56 Å². The van der Waals surface area contributed by atoms with Gasteiger partial charge in [-0.05, 0) is 37.1 Å². The van der Waals surface area contributed by atoms with Crippen LogP contribution in [0.2, 0.25) is 0 Å². The minimum Gasteiger partial charge on any atom is -0.338 e. The van der Waals surface area contributed by atoms with Gasteiger partial charge in [0.25, 0.3) is 5.56 Å². The number of alkyl halides is 3. The SMILES string of the molecule is O=c1c2ccccc2nc(SCc2nc(-c3ccc(C(F)(F)F)cc3)no2)n1C1CC1. The fourth-order valence-corrected chi connectivity index (χ4v) is 4.15. The van der Waals surface area contributed by atoms with Gasteiger partial charge in [-0.15, -0.1) is 0 Å². The molecular weight excluding hydrogens is 429 g/mol. The second kappa shape index (κ2) is 7.52. The Bertz CT molecular complexity index is 1310. The Balaban J connectivity index is 1.38. The lowest BCUT2D eigenvalue weighted by Crippen LogP contribution is -2.22. The molecule has 10 heteroatoms. The Kier molecular flexibility index (Phi) is 4.81. The maximum Gasteiger partial charge on any atom is 0.416 e. The largest absolute Gasteiger partial charge is 0.416 e. The Morgan fingerprint density at radius 3 is 2.52 bits per heavy atom. The number of nitrogens with zero attached hydrogens (tertiary/aromatic N) is 4. The number of benzene rings is 2. The van der Waals surface area contributed by atoms with Crippen molar-refractivity contribution in [3.05, 3.63) is 70.3 Å². The van der Waals surface area contributed by atoms with Crippen LogP contribution in [0.4, 0.5) is 13.2 Å². The van der Waals surface area contributed by atoms with Gasteiger partial charge in [-0.1, -0.05) is 41.2 Å². The van der Waals surface area contributed by atoms with E-state index in [1.807, 2.05) is 12.1 Å². The molecule has 31 heavy (non-hydrogen) atoms. The van der Waals surface area contributed by atoms with Gasteiger partial charge >= 0.3 is 6.18 Å². The van der Waals surface area contributed by atoms with Crippen molar-refractivity contribution in [2.75, 3.05) is 0 Å². The van der Waals surface area contributed by atoms with Gasteiger partial charge in [-0.25, -0.2) is 4.98 Å². The Hall–Kier alpha value is -3.14. The summed E-state index contributed by atoms with van der Waals surface area (Å²) < 4.78 is 45.1. The van der Waals surface area contributed by atoms with E-state index in [9.17, 15) is 18.0 Å². The van der Waals surface area contributed by atoms with Crippen LogP contribution in [0.15, 0.2) is 63.0 Å². The molecule has 0 bridgehead atoms. The van der Waals surface area contributed by atoms with Crippen molar-refractivity contribution in [2.45, 2.75) is 36.0 Å². The summed E-state index contributed by atoms with van der Waals surface area (Å²) in [6, 6.07) is 11.9. The van der Waals surface area contributed by atoms with Crippen molar-refractivity contribution in [2.24, 2.45) is 0 Å². The summed E-state index contributed by atoms with van der Waals surface area (Å²) in [5.74, 6) is 0.783. The molecule has 0 aliphatic heterocycles. The van der Waals surface area contributed by atoms with Gasteiger partial charge in [0.05, 0.1) is 22.2 Å². The molecule has 1 aliphatic rings. The number of hydrogen-bond donors (Lipinski definition) is 0. The van der Waals surface area contributed by atoms with E-state index >= 15 is 0 Å². The van der Waals surface area contributed by atoms with Crippen LogP contribution in [-0.2, 0) is 11.9 Å². The molecule has 1 aliphatic carbocycles. The molecule has 0 saturated heterocycles. The number of rotatable bonds is 5. The third-order valence-corrected chi connectivity index (χ3v) is 5.89. The zero-order valence-corrected chi connectivity index (χ0v) is 16.8. The first-order valence-corrected chi connectivity index (χ1v) is 10.5. The van der Waals surface area contributed by atoms with Crippen LogP contribution in [0.1, 0.15) is 30.3 Å². The predicted octanol–water partition coefficient (Wildman–Crippen LogP) is 5.09. The van der Waals surface area contributed by atoms with Crippen LogP contribution in [0, 0.1) is 0 Å². The molecule has 2 aromatic carbocycles. The van der Waals surface area contributed by atoms with E-state index in [0.29, 0.717) is 27.5 Å². The summed E-state index contributed by atoms with van der Waals surface area (Å²) in [7, 11) is 0. The van der Waals surface area contributed by atoms with Crippen LogP contribution in [0.3, 0.4) is 0 Å². The first-order chi connectivity index (χ1) is 14.9. The van der Waals surface area contributed by atoms with Gasteiger partial charge in [0.1, 0.15) is 0 Å². The maximum absolute atomic E-state index is 12.9. The minimum absolute atomic E-state index is 0.0634. The minimum atomic E-state index is -4.40. The first-order valence-electron chi connectivity index (χ1n) is 9.54. The zero-order chi connectivity index (χ0) is 21.6. The molecule has 1 saturated carbocycles. The van der Waals surface area contributed by atoms with Crippen molar-refractivity contribution in [1.82, 2.24) is 19.7 Å². The Labute approximate surface area is 178 Å². The van der Waals surface area contributed by atoms with E-state index in [0.717, 1.165) is 25.0 Å². The zero-order valence-electron chi connectivity index (χ0n) is 16.0. The van der Waals surface area contributed by atoms with Crippen molar-refractivity contribution in [3.8, 4) is 11.4 Å². The average Bonchev–Trinajstić information content (AvgIpc) is 3.48. The van der Waals surface area contributed by atoms with Crippen molar-refractivity contribution in [1.29, 1.82) is 0 Å². The molecule has 6 nitrogen and oxygen atoms in total. The van der Waals surface area contributed by atoms with Crippen molar-refractivity contribution in [3.63, 3.8) is 0 Å². The van der Waals surface area contributed by atoms with Gasteiger partial charge in [0.15, 0.2) is 5.16 Å². The lowest BCUT2D eigenvalue weighted by Gasteiger charge is -2.11. The molecule has 0 amide bonds. The lowest BCUT2D eigenvalue weighted by molar-refractivity contribution is -0.137. The van der Waals surface area contributed by atoms with E-state index in [4.69, 9.17) is 4.52 Å². The number of thioether (sulfide) groups is 1. The quantitative estimate of drug-likeness (QED) is 0.315. The Morgan fingerprint density at radius 2 is 1.81 bits per heavy atom. The van der Waals surface area contributed by atoms with E-state index in [1.54, 1.807) is 16.7 Å². The third-order valence-electron chi connectivity index (χ3n) is 4.95. The lowest BCUT2D eigenvalue weighted by atomic mass is 10.1. The van der Waals surface area contributed by atoms with E-state index in [1.165, 1.54) is 23.9 Å². The van der Waals surface area contributed by atoms with Crippen LogP contribution in [0.25, 0.3) is 22.3 Å². The molecule has 2 aromatic heterocycles. The molecule has 1 fully saturated rings. The number of aromatic nitrogens is 4. The molecular formula is C21H15F3N4O2S. The molecule has 0 spiro atoms. The second-order valence-electron chi connectivity index (χ2n) is 7.19. The molecule has 4 aromatic rings. The summed E-state index contributed by atoms with van der Waals surface area (Å²) in [5.41, 5.74) is 0.247. The molecule has 0 N–H and O–H groups in total. The summed E-state index contributed by atoms with van der Waals surface area (Å²) >= 11 is 1.32. The molecule has 0 radical (unpaired) electrons. The van der Waals surface area contributed by atoms with Crippen LogP contribution in [-0.4, -0.2) is 19.7 Å². The summed E-state index contributed by atoms with van der Waals surface area (Å²) in [6.45, 7) is 0. The highest BCUT2D eigenvalue weighted by Gasteiger charge is 2.30. The number of para-hydroxylation sites is 1. The number of hydrogen-bond acceptors (Lipinski definition) is 6. The second-order valence-corrected chi connectivity index (χ2v) is 8.14. The summed E-state index contributed by atoms with van der Waals surface area (Å²) in [6.07, 6.45) is -2.53. The molecule has 0 atom stereocenters. The fourth-order valence-electron chi connectivity index (χ4n) is 3.25. The predicted molar refractivity (Wildman–Crippen MR) is 109 cm³/mol. The highest BCUT2D eigenvalue weighted by Crippen LogP contribution is 2.37. The number of fused-ring (bicyclic) bond motifs is 1. The smallest absolute Gasteiger partial charge is 0.338 e. The molecule has 5 rings (SSSR count). The molecule has 158 valence electrons. The average molecular weight is 444 g/mol. The van der Waals surface area contributed by atoms with Gasteiger partial charge in [-0.2, -0.15) is 18.2 Å². The van der Waals surface area contributed by atoms with E-state index in [-0.39, 0.29) is 23.2 Å². The van der Waals surface area contributed by atoms with Gasteiger partial charge in [-0.3, -0.25) is 9.36 Å². The van der Waals surface area contributed by atoms with Crippen molar-refractivity contribution >= 4 is 22.7 Å². The third kappa shape index (κ3) is 3.95. The molecule has 0 unspecified atom stereocenters. The van der Waals surface area contributed by atoms with Crippen LogP contribution >= 0.6 is 11.8 Å². The standard InChI is InChI=1S/C21H15F3N4O2S/c22-21(23,24)13-7-5-12(6-8-13)18-26-17(30-27-18)11-31-20-25-16-4-2-1-3-15(16)19(29)28(20)14-9-10-14/h1-8,14H,9-11H2. The summed E-state index contributed by atoms with van der Waals surface area (Å²) in [5, 5.41) is 5.03. The van der Waals surface area contributed by atoms with Crippen LogP contribution in [0.5, 0.6) is 0 Å².